The molecule has 1 N–H and O–H groups in total. The standard InChI is InChI=1S/C16H26N2O/c1-18(2)10-12-19-11-9-17-16-8-7-14-5-3-4-6-15(14)13-16/h3-6,16-17H,7-13H2,1-2H3. The van der Waals surface area contributed by atoms with Crippen LogP contribution >= 0.6 is 0 Å². The van der Waals surface area contributed by atoms with Gasteiger partial charge in [0.2, 0.25) is 0 Å². The van der Waals surface area contributed by atoms with Gasteiger partial charge in [0.1, 0.15) is 0 Å². The topological polar surface area (TPSA) is 24.5 Å². The molecule has 0 spiro atoms. The van der Waals surface area contributed by atoms with Gasteiger partial charge in [0.05, 0.1) is 13.2 Å². The summed E-state index contributed by atoms with van der Waals surface area (Å²) in [5.74, 6) is 0. The van der Waals surface area contributed by atoms with E-state index in [9.17, 15) is 0 Å². The lowest BCUT2D eigenvalue weighted by Crippen LogP contribution is -2.36. The van der Waals surface area contributed by atoms with E-state index in [1.54, 1.807) is 0 Å². The second kappa shape index (κ2) is 7.63. The van der Waals surface area contributed by atoms with E-state index in [0.717, 1.165) is 32.7 Å². The molecule has 1 atom stereocenters. The van der Waals surface area contributed by atoms with Crippen LogP contribution in [0.5, 0.6) is 0 Å². The molecule has 1 aliphatic carbocycles. The second-order valence-corrected chi connectivity index (χ2v) is 5.58. The molecular weight excluding hydrogens is 236 g/mol. The highest BCUT2D eigenvalue weighted by Gasteiger charge is 2.17. The van der Waals surface area contributed by atoms with Crippen LogP contribution in [0.2, 0.25) is 0 Å². The molecule has 0 radical (unpaired) electrons. The maximum absolute atomic E-state index is 5.60. The number of ether oxygens (including phenoxy) is 1. The molecule has 3 nitrogen and oxygen atoms in total. The number of benzene rings is 1. The van der Waals surface area contributed by atoms with Gasteiger partial charge in [-0.25, -0.2) is 0 Å². The van der Waals surface area contributed by atoms with Crippen molar-refractivity contribution in [2.45, 2.75) is 25.3 Å². The molecule has 106 valence electrons. The predicted molar refractivity (Wildman–Crippen MR) is 79.6 cm³/mol. The smallest absolute Gasteiger partial charge is 0.0593 e. The van der Waals surface area contributed by atoms with Gasteiger partial charge in [0.25, 0.3) is 0 Å². The maximum Gasteiger partial charge on any atom is 0.0593 e. The summed E-state index contributed by atoms with van der Waals surface area (Å²) in [6, 6.07) is 9.43. The molecule has 0 aromatic heterocycles. The van der Waals surface area contributed by atoms with Gasteiger partial charge < -0.3 is 15.0 Å². The molecule has 0 aliphatic heterocycles. The minimum absolute atomic E-state index is 0.618. The normalized spacial score (nSPS) is 18.6. The van der Waals surface area contributed by atoms with Gasteiger partial charge in [-0.1, -0.05) is 24.3 Å². The fourth-order valence-electron chi connectivity index (χ4n) is 2.56. The van der Waals surface area contributed by atoms with Gasteiger partial charge in [-0.2, -0.15) is 0 Å². The third-order valence-corrected chi connectivity index (χ3v) is 3.71. The number of rotatable bonds is 7. The fraction of sp³-hybridized carbons (Fsp3) is 0.625. The molecule has 1 aromatic rings. The van der Waals surface area contributed by atoms with Gasteiger partial charge in [-0.05, 0) is 44.5 Å². The summed E-state index contributed by atoms with van der Waals surface area (Å²) >= 11 is 0. The Balaban J connectivity index is 1.61. The lowest BCUT2D eigenvalue weighted by molar-refractivity contribution is 0.117. The van der Waals surface area contributed by atoms with Gasteiger partial charge in [0.15, 0.2) is 0 Å². The Labute approximate surface area is 116 Å². The molecule has 1 aromatic carbocycles. The lowest BCUT2D eigenvalue weighted by atomic mass is 9.88. The monoisotopic (exact) mass is 262 g/mol. The van der Waals surface area contributed by atoms with Crippen LogP contribution in [-0.4, -0.2) is 51.3 Å². The van der Waals surface area contributed by atoms with Crippen LogP contribution in [0.4, 0.5) is 0 Å². The van der Waals surface area contributed by atoms with E-state index >= 15 is 0 Å². The highest BCUT2D eigenvalue weighted by Crippen LogP contribution is 2.20. The van der Waals surface area contributed by atoms with Crippen molar-refractivity contribution < 1.29 is 4.74 Å². The zero-order valence-electron chi connectivity index (χ0n) is 12.2. The fourth-order valence-corrected chi connectivity index (χ4v) is 2.56. The van der Waals surface area contributed by atoms with E-state index in [-0.39, 0.29) is 0 Å². The Kier molecular flexibility index (Phi) is 5.83. The van der Waals surface area contributed by atoms with Crippen molar-refractivity contribution in [3.63, 3.8) is 0 Å². The van der Waals surface area contributed by atoms with Crippen LogP contribution in [0.3, 0.4) is 0 Å². The first-order valence-corrected chi connectivity index (χ1v) is 7.28. The average molecular weight is 262 g/mol. The number of nitrogens with zero attached hydrogens (tertiary/aromatic N) is 1. The quantitative estimate of drug-likeness (QED) is 0.757. The maximum atomic E-state index is 5.60. The van der Waals surface area contributed by atoms with Crippen LogP contribution in [-0.2, 0) is 17.6 Å². The summed E-state index contributed by atoms with van der Waals surface area (Å²) in [6.07, 6.45) is 3.61. The number of likely N-dealkylation sites (N-methyl/N-ethyl adjacent to an activating group) is 1. The zero-order chi connectivity index (χ0) is 13.5. The molecule has 0 saturated heterocycles. The minimum atomic E-state index is 0.618. The van der Waals surface area contributed by atoms with Gasteiger partial charge >= 0.3 is 0 Å². The highest BCUT2D eigenvalue weighted by atomic mass is 16.5. The number of hydrogen-bond donors (Lipinski definition) is 1. The Hall–Kier alpha value is -0.900. The third-order valence-electron chi connectivity index (χ3n) is 3.71. The molecule has 0 saturated carbocycles. The summed E-state index contributed by atoms with van der Waals surface area (Å²) in [4.78, 5) is 2.14. The van der Waals surface area contributed by atoms with Crippen molar-refractivity contribution in [2.75, 3.05) is 40.4 Å². The summed E-state index contributed by atoms with van der Waals surface area (Å²) in [5, 5.41) is 3.61. The summed E-state index contributed by atoms with van der Waals surface area (Å²) < 4.78 is 5.60. The molecule has 1 unspecified atom stereocenters. The van der Waals surface area contributed by atoms with Crippen LogP contribution in [0.25, 0.3) is 0 Å². The molecule has 0 fully saturated rings. The van der Waals surface area contributed by atoms with Crippen LogP contribution in [0, 0.1) is 0 Å². The van der Waals surface area contributed by atoms with Gasteiger partial charge in [0, 0.05) is 19.1 Å². The van der Waals surface area contributed by atoms with Gasteiger partial charge in [-0.15, -0.1) is 0 Å². The van der Waals surface area contributed by atoms with E-state index in [2.05, 4.69) is 48.6 Å². The highest BCUT2D eigenvalue weighted by molar-refractivity contribution is 5.30. The van der Waals surface area contributed by atoms with Crippen LogP contribution < -0.4 is 5.32 Å². The van der Waals surface area contributed by atoms with Crippen molar-refractivity contribution in [1.29, 1.82) is 0 Å². The summed E-state index contributed by atoms with van der Waals surface area (Å²) in [5.41, 5.74) is 3.04. The molecule has 0 amide bonds. The van der Waals surface area contributed by atoms with E-state index in [1.165, 1.54) is 24.0 Å². The Bertz CT molecular complexity index is 379. The lowest BCUT2D eigenvalue weighted by Gasteiger charge is -2.25. The molecule has 3 heteroatoms. The minimum Gasteiger partial charge on any atom is -0.379 e. The van der Waals surface area contributed by atoms with E-state index in [1.807, 2.05) is 0 Å². The van der Waals surface area contributed by atoms with Crippen LogP contribution in [0.15, 0.2) is 24.3 Å². The van der Waals surface area contributed by atoms with Crippen LogP contribution in [0.1, 0.15) is 17.5 Å². The SMILES string of the molecule is CN(C)CCOCCNC1CCc2ccccc2C1. The van der Waals surface area contributed by atoms with E-state index < -0.39 is 0 Å². The number of nitrogens with one attached hydrogen (secondary N) is 1. The number of fused-ring (bicyclic) bond motifs is 1. The first-order valence-electron chi connectivity index (χ1n) is 7.28. The largest absolute Gasteiger partial charge is 0.379 e. The molecule has 1 aliphatic rings. The van der Waals surface area contributed by atoms with E-state index in [4.69, 9.17) is 4.74 Å². The molecule has 2 rings (SSSR count). The molecule has 19 heavy (non-hydrogen) atoms. The Morgan fingerprint density at radius 1 is 1.21 bits per heavy atom. The average Bonchev–Trinajstić information content (AvgIpc) is 2.42. The molecule has 0 heterocycles. The predicted octanol–water partition coefficient (Wildman–Crippen LogP) is 1.71. The third kappa shape index (κ3) is 4.94. The number of aryl methyl sites for hydroxylation is 1. The van der Waals surface area contributed by atoms with Gasteiger partial charge in [-0.3, -0.25) is 0 Å². The zero-order valence-corrected chi connectivity index (χ0v) is 12.2. The van der Waals surface area contributed by atoms with Crippen molar-refractivity contribution in [3.8, 4) is 0 Å². The summed E-state index contributed by atoms with van der Waals surface area (Å²) in [7, 11) is 4.14. The molecule has 0 bridgehead atoms. The Morgan fingerprint density at radius 3 is 2.79 bits per heavy atom. The number of hydrogen-bond acceptors (Lipinski definition) is 3. The van der Waals surface area contributed by atoms with Crippen molar-refractivity contribution in [1.82, 2.24) is 10.2 Å². The first-order chi connectivity index (χ1) is 9.25. The molecular formula is C16H26N2O. The van der Waals surface area contributed by atoms with Crippen molar-refractivity contribution in [3.05, 3.63) is 35.4 Å². The van der Waals surface area contributed by atoms with Crippen molar-refractivity contribution >= 4 is 0 Å². The van der Waals surface area contributed by atoms with E-state index in [0.29, 0.717) is 6.04 Å². The second-order valence-electron chi connectivity index (χ2n) is 5.58. The Morgan fingerprint density at radius 2 is 2.00 bits per heavy atom. The first kappa shape index (κ1) is 14.5. The van der Waals surface area contributed by atoms with Crippen molar-refractivity contribution in [2.24, 2.45) is 0 Å². The summed E-state index contributed by atoms with van der Waals surface area (Å²) in [6.45, 7) is 3.59.